The molecule has 43 heavy (non-hydrogen) atoms. The van der Waals surface area contributed by atoms with Crippen LogP contribution in [0.15, 0.2) is 87.8 Å². The molecule has 2 N–H and O–H groups in total. The molecule has 2 amide bonds. The number of hydrogen-bond acceptors (Lipinski definition) is 10. The molecule has 3 aliphatic rings. The van der Waals surface area contributed by atoms with Gasteiger partial charge in [0.25, 0.3) is 11.8 Å². The summed E-state index contributed by atoms with van der Waals surface area (Å²) in [5.74, 6) is 0.336. The summed E-state index contributed by atoms with van der Waals surface area (Å²) in [4.78, 5) is 36.3. The van der Waals surface area contributed by atoms with Crippen molar-refractivity contribution in [2.24, 2.45) is 9.98 Å². The van der Waals surface area contributed by atoms with Crippen LogP contribution in [-0.4, -0.2) is 62.0 Å². The number of carbonyl (C=O) groups excluding carboxylic acids is 2. The molecule has 13 heteroatoms. The number of amides is 2. The summed E-state index contributed by atoms with van der Waals surface area (Å²) in [5, 5.41) is 15.1. The van der Waals surface area contributed by atoms with Gasteiger partial charge in [-0.1, -0.05) is 18.2 Å². The lowest BCUT2D eigenvalue weighted by atomic mass is 9.99. The van der Waals surface area contributed by atoms with Crippen LogP contribution < -0.4 is 20.1 Å². The predicted octanol–water partition coefficient (Wildman–Crippen LogP) is 2.38. The fourth-order valence-corrected chi connectivity index (χ4v) is 4.80. The summed E-state index contributed by atoms with van der Waals surface area (Å²) in [6.07, 6.45) is 5.38. The van der Waals surface area contributed by atoms with Gasteiger partial charge in [0.15, 0.2) is 5.84 Å². The first-order chi connectivity index (χ1) is 20.6. The van der Waals surface area contributed by atoms with Crippen molar-refractivity contribution in [1.82, 2.24) is 15.5 Å². The second-order valence-electron chi connectivity index (χ2n) is 9.95. The molecule has 218 valence electrons. The van der Waals surface area contributed by atoms with Gasteiger partial charge in [-0.2, -0.15) is 18.7 Å². The maximum absolute atomic E-state index is 13.1. The zero-order valence-corrected chi connectivity index (χ0v) is 24.2. The lowest BCUT2D eigenvalue weighted by Gasteiger charge is -2.28. The van der Waals surface area contributed by atoms with E-state index in [1.807, 2.05) is 0 Å². The molecule has 0 saturated heterocycles. The first kappa shape index (κ1) is 29.0. The number of ether oxygens (including phenoxy) is 2. The van der Waals surface area contributed by atoms with E-state index in [4.69, 9.17) is 9.47 Å². The van der Waals surface area contributed by atoms with Crippen LogP contribution in [0.3, 0.4) is 0 Å². The van der Waals surface area contributed by atoms with Crippen molar-refractivity contribution in [2.75, 3.05) is 14.1 Å². The Bertz CT molecular complexity index is 1870. The number of allylic oxidation sites excluding steroid dienone is 3. The van der Waals surface area contributed by atoms with Crippen molar-refractivity contribution in [3.05, 3.63) is 94.5 Å². The Morgan fingerprint density at radius 2 is 1.91 bits per heavy atom. The Hall–Kier alpha value is -5.48. The van der Waals surface area contributed by atoms with E-state index in [0.717, 1.165) is 5.57 Å². The largest absolute Gasteiger partial charge is 0.437 e. The summed E-state index contributed by atoms with van der Waals surface area (Å²) in [6.45, 7) is 1.77. The van der Waals surface area contributed by atoms with E-state index in [1.54, 1.807) is 75.6 Å². The van der Waals surface area contributed by atoms with Crippen LogP contribution in [0.2, 0.25) is 0 Å². The standard InChI is InChI=1S/C30H26N6O6S/c1-17-13-22(10-9-20(17)16-31)41-28-25-26(32-24(27(37)33-25)14-18-7-11-23(12-8-18)43(39)40)34-30(35-28)42-21-6-4-5-19(15-21)29(38)36(2)3/h4-11,13,15,24H,12,14H2,1-3H3,(H,33,37)(H,32,34,35). The quantitative estimate of drug-likeness (QED) is 0.479. The Morgan fingerprint density at radius 3 is 2.58 bits per heavy atom. The third-order valence-electron chi connectivity index (χ3n) is 6.64. The minimum absolute atomic E-state index is 0.00197. The second kappa shape index (κ2) is 12.2. The molecule has 1 unspecified atom stereocenters. The molecular weight excluding hydrogens is 572 g/mol. The van der Waals surface area contributed by atoms with Gasteiger partial charge in [0, 0.05) is 32.5 Å². The Balaban J connectivity index is 1.48. The molecule has 1 atom stereocenters. The number of carbonyl (C=O) groups is 2. The summed E-state index contributed by atoms with van der Waals surface area (Å²) in [6, 6.07) is 12.7. The van der Waals surface area contributed by atoms with E-state index in [9.17, 15) is 23.3 Å². The SMILES string of the molecule is Cc1cc(OC2=C3NC(=O)C(CC4=CCC(=S(=O)=O)C=C4)N=C3NC(Oc3cccc(C(=O)N(C)C)c3)=N2)ccc1C#N. The number of hydrogen-bond donors (Lipinski definition) is 2. The molecule has 2 heterocycles. The van der Waals surface area contributed by atoms with Crippen molar-refractivity contribution in [3.8, 4) is 17.6 Å². The van der Waals surface area contributed by atoms with Crippen molar-refractivity contribution in [3.63, 3.8) is 0 Å². The molecule has 5 rings (SSSR count). The number of amidine groups is 2. The third-order valence-corrected chi connectivity index (χ3v) is 7.37. The van der Waals surface area contributed by atoms with E-state index in [2.05, 4.69) is 26.7 Å². The van der Waals surface area contributed by atoms with Crippen LogP contribution in [0.1, 0.15) is 34.3 Å². The van der Waals surface area contributed by atoms with Gasteiger partial charge < -0.3 is 19.7 Å². The van der Waals surface area contributed by atoms with Gasteiger partial charge in [0.1, 0.15) is 23.2 Å². The van der Waals surface area contributed by atoms with Crippen molar-refractivity contribution in [1.29, 1.82) is 5.26 Å². The van der Waals surface area contributed by atoms with Crippen molar-refractivity contribution in [2.45, 2.75) is 25.8 Å². The fraction of sp³-hybridized carbons (Fsp3) is 0.200. The van der Waals surface area contributed by atoms with Gasteiger partial charge in [-0.3, -0.25) is 19.9 Å². The lowest BCUT2D eigenvalue weighted by Crippen LogP contribution is -2.50. The van der Waals surface area contributed by atoms with E-state index in [0.29, 0.717) is 28.2 Å². The molecule has 0 aromatic heterocycles. The lowest BCUT2D eigenvalue weighted by molar-refractivity contribution is -0.121. The van der Waals surface area contributed by atoms with Gasteiger partial charge in [-0.05, 0) is 60.5 Å². The van der Waals surface area contributed by atoms with Crippen molar-refractivity contribution < 1.29 is 27.5 Å². The molecule has 2 aromatic rings. The van der Waals surface area contributed by atoms with Gasteiger partial charge in [-0.15, -0.1) is 0 Å². The molecule has 0 spiro atoms. The molecule has 0 fully saturated rings. The number of benzene rings is 2. The van der Waals surface area contributed by atoms with E-state index in [-0.39, 0.29) is 47.1 Å². The van der Waals surface area contributed by atoms with Crippen molar-refractivity contribution >= 4 is 38.8 Å². The van der Waals surface area contributed by atoms with Crippen LogP contribution >= 0.6 is 0 Å². The van der Waals surface area contributed by atoms with Crippen LogP contribution in [0.5, 0.6) is 11.5 Å². The Labute approximate surface area is 248 Å². The van der Waals surface area contributed by atoms with Gasteiger partial charge in [-0.25, -0.2) is 0 Å². The predicted molar refractivity (Wildman–Crippen MR) is 159 cm³/mol. The second-order valence-corrected chi connectivity index (χ2v) is 10.9. The molecule has 2 aromatic carbocycles. The fourth-order valence-electron chi connectivity index (χ4n) is 4.40. The molecule has 1 aliphatic carbocycles. The monoisotopic (exact) mass is 598 g/mol. The van der Waals surface area contributed by atoms with Crippen LogP contribution in [0.25, 0.3) is 0 Å². The molecule has 0 saturated carbocycles. The molecule has 12 nitrogen and oxygen atoms in total. The Kier molecular flexibility index (Phi) is 8.22. The average molecular weight is 599 g/mol. The highest BCUT2D eigenvalue weighted by molar-refractivity contribution is 7.73. The number of aliphatic imine (C=N–C) groups is 2. The Morgan fingerprint density at radius 1 is 1.12 bits per heavy atom. The minimum atomic E-state index is -2.30. The number of nitriles is 1. The highest BCUT2D eigenvalue weighted by atomic mass is 32.2. The van der Waals surface area contributed by atoms with Crippen LogP contribution in [-0.2, 0) is 15.1 Å². The molecule has 0 radical (unpaired) electrons. The zero-order chi connectivity index (χ0) is 30.7. The maximum atomic E-state index is 13.1. The topological polar surface area (TPSA) is 163 Å². The summed E-state index contributed by atoms with van der Waals surface area (Å²) >= 11 is 0. The van der Waals surface area contributed by atoms with Gasteiger partial charge in [0.05, 0.1) is 16.5 Å². The third kappa shape index (κ3) is 6.55. The number of rotatable bonds is 6. The highest BCUT2D eigenvalue weighted by Gasteiger charge is 2.34. The molecular formula is C30H26N6O6S. The summed E-state index contributed by atoms with van der Waals surface area (Å²) in [5.41, 5.74) is 2.55. The van der Waals surface area contributed by atoms with E-state index >= 15 is 0 Å². The van der Waals surface area contributed by atoms with Gasteiger partial charge >= 0.3 is 6.02 Å². The first-order valence-electron chi connectivity index (χ1n) is 13.1. The highest BCUT2D eigenvalue weighted by Crippen LogP contribution is 2.26. The molecule has 0 bridgehead atoms. The minimum Gasteiger partial charge on any atom is -0.437 e. The van der Waals surface area contributed by atoms with E-state index < -0.39 is 22.2 Å². The number of aryl methyl sites for hydroxylation is 1. The number of nitrogens with zero attached hydrogens (tertiary/aromatic N) is 4. The summed E-state index contributed by atoms with van der Waals surface area (Å²) in [7, 11) is 0.994. The average Bonchev–Trinajstić information content (AvgIpc) is 2.98. The number of fused-ring (bicyclic) bond motifs is 1. The zero-order valence-electron chi connectivity index (χ0n) is 23.4. The van der Waals surface area contributed by atoms with Crippen LogP contribution in [0.4, 0.5) is 0 Å². The summed E-state index contributed by atoms with van der Waals surface area (Å²) < 4.78 is 34.5. The maximum Gasteiger partial charge on any atom is 0.304 e. The van der Waals surface area contributed by atoms with E-state index in [1.165, 1.54) is 11.0 Å². The smallest absolute Gasteiger partial charge is 0.304 e. The molecule has 2 aliphatic heterocycles. The number of nitrogens with one attached hydrogen (secondary N) is 2. The normalized spacial score (nSPS) is 17.3. The van der Waals surface area contributed by atoms with Gasteiger partial charge in [0.2, 0.25) is 16.2 Å². The first-order valence-corrected chi connectivity index (χ1v) is 14.2. The van der Waals surface area contributed by atoms with Crippen LogP contribution in [0, 0.1) is 18.3 Å².